The predicted molar refractivity (Wildman–Crippen MR) is 114 cm³/mol. The molecule has 0 aliphatic carbocycles. The van der Waals surface area contributed by atoms with E-state index in [2.05, 4.69) is 34.1 Å². The third-order valence-electron chi connectivity index (χ3n) is 5.56. The molecule has 1 fully saturated rings. The van der Waals surface area contributed by atoms with Crippen LogP contribution in [0.3, 0.4) is 0 Å². The molecule has 2 aromatic carbocycles. The summed E-state index contributed by atoms with van der Waals surface area (Å²) in [6.45, 7) is 4.72. The number of piperazine rings is 1. The Morgan fingerprint density at radius 3 is 2.24 bits per heavy atom. The molecule has 0 aromatic heterocycles. The van der Waals surface area contributed by atoms with Crippen LogP contribution in [0.15, 0.2) is 42.5 Å². The fourth-order valence-corrected chi connectivity index (χ4v) is 4.01. The van der Waals surface area contributed by atoms with Gasteiger partial charge < -0.3 is 19.3 Å². The van der Waals surface area contributed by atoms with Crippen molar-refractivity contribution in [2.24, 2.45) is 0 Å². The van der Waals surface area contributed by atoms with Crippen LogP contribution in [-0.4, -0.2) is 68.5 Å². The molecule has 0 unspecified atom stereocenters. The molecule has 1 N–H and O–H groups in total. The highest BCUT2D eigenvalue weighted by atomic mass is 16.5. The zero-order chi connectivity index (χ0) is 20.6. The molecule has 1 heterocycles. The molecule has 0 amide bonds. The third kappa shape index (κ3) is 5.41. The van der Waals surface area contributed by atoms with Gasteiger partial charge in [-0.2, -0.15) is 0 Å². The molecular formula is C23H32N2O4. The first-order valence-corrected chi connectivity index (χ1v) is 10.1. The van der Waals surface area contributed by atoms with Crippen LogP contribution in [0, 0.1) is 0 Å². The van der Waals surface area contributed by atoms with E-state index in [1.807, 2.05) is 18.2 Å². The van der Waals surface area contributed by atoms with Crippen molar-refractivity contribution in [1.82, 2.24) is 9.80 Å². The summed E-state index contributed by atoms with van der Waals surface area (Å²) >= 11 is 0. The quantitative estimate of drug-likeness (QED) is 0.699. The normalized spacial score (nSPS) is 17.9. The van der Waals surface area contributed by atoms with Crippen molar-refractivity contribution in [3.05, 3.63) is 53.6 Å². The Kier molecular flexibility index (Phi) is 7.75. The lowest BCUT2D eigenvalue weighted by atomic mass is 10.1. The smallest absolute Gasteiger partial charge is 0.164 e. The van der Waals surface area contributed by atoms with Gasteiger partial charge in [0.15, 0.2) is 11.5 Å². The Hall–Kier alpha value is -2.28. The molecular weight excluding hydrogens is 368 g/mol. The van der Waals surface area contributed by atoms with E-state index in [1.165, 1.54) is 5.56 Å². The maximum Gasteiger partial charge on any atom is 0.164 e. The number of hydrogen-bond donors (Lipinski definition) is 1. The van der Waals surface area contributed by atoms with Crippen LogP contribution >= 0.6 is 0 Å². The second kappa shape index (κ2) is 10.5. The Balaban J connectivity index is 1.71. The summed E-state index contributed by atoms with van der Waals surface area (Å²) in [6, 6.07) is 14.7. The topological polar surface area (TPSA) is 54.4 Å². The predicted octanol–water partition coefficient (Wildman–Crippen LogP) is 2.78. The molecule has 0 radical (unpaired) electrons. The lowest BCUT2D eigenvalue weighted by Crippen LogP contribution is -2.52. The van der Waals surface area contributed by atoms with Gasteiger partial charge in [-0.15, -0.1) is 0 Å². The first-order chi connectivity index (χ1) is 14.2. The maximum atomic E-state index is 9.59. The van der Waals surface area contributed by atoms with E-state index >= 15 is 0 Å². The van der Waals surface area contributed by atoms with Gasteiger partial charge in [0.05, 0.1) is 21.3 Å². The summed E-state index contributed by atoms with van der Waals surface area (Å²) in [6.07, 6.45) is 0.770. The third-order valence-corrected chi connectivity index (χ3v) is 5.56. The Morgan fingerprint density at radius 2 is 1.59 bits per heavy atom. The summed E-state index contributed by atoms with van der Waals surface area (Å²) in [5.41, 5.74) is 2.38. The van der Waals surface area contributed by atoms with E-state index in [4.69, 9.17) is 14.2 Å². The average Bonchev–Trinajstić information content (AvgIpc) is 2.76. The zero-order valence-corrected chi connectivity index (χ0v) is 17.6. The summed E-state index contributed by atoms with van der Waals surface area (Å²) in [5, 5.41) is 9.59. The number of ether oxygens (including phenoxy) is 3. The van der Waals surface area contributed by atoms with E-state index in [0.717, 1.165) is 50.5 Å². The Bertz CT molecular complexity index is 769. The number of nitrogens with zero attached hydrogens (tertiary/aromatic N) is 2. The lowest BCUT2D eigenvalue weighted by molar-refractivity contribution is 0.0496. The minimum absolute atomic E-state index is 0.198. The van der Waals surface area contributed by atoms with Crippen LogP contribution in [0.5, 0.6) is 17.2 Å². The van der Waals surface area contributed by atoms with E-state index < -0.39 is 0 Å². The van der Waals surface area contributed by atoms with Crippen LogP contribution in [0.25, 0.3) is 0 Å². The number of methoxy groups -OCH3 is 3. The van der Waals surface area contributed by atoms with E-state index in [-0.39, 0.29) is 6.61 Å². The fourth-order valence-electron chi connectivity index (χ4n) is 4.01. The lowest BCUT2D eigenvalue weighted by Gasteiger charge is -2.41. The largest absolute Gasteiger partial charge is 0.496 e. The second-order valence-electron chi connectivity index (χ2n) is 7.38. The van der Waals surface area contributed by atoms with Crippen LogP contribution in [-0.2, 0) is 13.1 Å². The van der Waals surface area contributed by atoms with Crippen molar-refractivity contribution in [3.63, 3.8) is 0 Å². The monoisotopic (exact) mass is 400 g/mol. The fraction of sp³-hybridized carbons (Fsp3) is 0.478. The summed E-state index contributed by atoms with van der Waals surface area (Å²) < 4.78 is 16.4. The average molecular weight is 401 g/mol. The van der Waals surface area contributed by atoms with Crippen LogP contribution in [0.2, 0.25) is 0 Å². The molecule has 1 aliphatic heterocycles. The molecule has 1 saturated heterocycles. The van der Waals surface area contributed by atoms with Crippen LogP contribution in [0.1, 0.15) is 17.5 Å². The minimum Gasteiger partial charge on any atom is -0.496 e. The highest BCUT2D eigenvalue weighted by Gasteiger charge is 2.27. The molecule has 0 spiro atoms. The van der Waals surface area contributed by atoms with Gasteiger partial charge in [-0.05, 0) is 18.1 Å². The first kappa shape index (κ1) is 21.4. The van der Waals surface area contributed by atoms with Gasteiger partial charge in [-0.3, -0.25) is 9.80 Å². The number of aliphatic hydroxyl groups excluding tert-OH is 1. The van der Waals surface area contributed by atoms with E-state index in [0.29, 0.717) is 17.5 Å². The molecule has 1 aliphatic rings. The highest BCUT2D eigenvalue weighted by molar-refractivity contribution is 5.50. The Morgan fingerprint density at radius 1 is 0.897 bits per heavy atom. The molecule has 6 heteroatoms. The van der Waals surface area contributed by atoms with Crippen molar-refractivity contribution in [2.45, 2.75) is 25.6 Å². The van der Waals surface area contributed by atoms with Gasteiger partial charge in [-0.25, -0.2) is 0 Å². The second-order valence-corrected chi connectivity index (χ2v) is 7.38. The van der Waals surface area contributed by atoms with E-state index in [1.54, 1.807) is 21.3 Å². The molecule has 1 atom stereocenters. The molecule has 0 saturated carbocycles. The van der Waals surface area contributed by atoms with Crippen molar-refractivity contribution < 1.29 is 19.3 Å². The Labute approximate surface area is 173 Å². The number of rotatable bonds is 9. The van der Waals surface area contributed by atoms with Gasteiger partial charge in [-0.1, -0.05) is 30.3 Å². The van der Waals surface area contributed by atoms with Crippen molar-refractivity contribution >= 4 is 0 Å². The van der Waals surface area contributed by atoms with Gasteiger partial charge in [0.2, 0.25) is 0 Å². The SMILES string of the molecule is COc1cc(OC)c(OC)cc1CN1CCN(Cc2ccccc2)[C@@H](CCO)C1. The highest BCUT2D eigenvalue weighted by Crippen LogP contribution is 2.35. The molecule has 29 heavy (non-hydrogen) atoms. The minimum atomic E-state index is 0.198. The van der Waals surface area contributed by atoms with Crippen molar-refractivity contribution in [1.29, 1.82) is 0 Å². The standard InChI is InChI=1S/C23H32N2O4/c1-27-21-14-23(29-3)22(28-2)13-19(21)16-24-10-11-25(20(17-24)9-12-26)15-18-7-5-4-6-8-18/h4-8,13-14,20,26H,9-12,15-17H2,1-3H3/t20-/m0/s1. The van der Waals surface area contributed by atoms with Gasteiger partial charge in [0.25, 0.3) is 0 Å². The number of benzene rings is 2. The van der Waals surface area contributed by atoms with Gasteiger partial charge in [0, 0.05) is 57.0 Å². The zero-order valence-electron chi connectivity index (χ0n) is 17.6. The summed E-state index contributed by atoms with van der Waals surface area (Å²) in [7, 11) is 4.95. The van der Waals surface area contributed by atoms with Crippen molar-refractivity contribution in [3.8, 4) is 17.2 Å². The molecule has 158 valence electrons. The number of hydrogen-bond acceptors (Lipinski definition) is 6. The summed E-state index contributed by atoms with van der Waals surface area (Å²) in [5.74, 6) is 2.17. The van der Waals surface area contributed by atoms with E-state index in [9.17, 15) is 5.11 Å². The van der Waals surface area contributed by atoms with Crippen molar-refractivity contribution in [2.75, 3.05) is 47.6 Å². The van der Waals surface area contributed by atoms with Crippen LogP contribution in [0.4, 0.5) is 0 Å². The molecule has 3 rings (SSSR count). The van der Waals surface area contributed by atoms with Gasteiger partial charge >= 0.3 is 0 Å². The number of aliphatic hydroxyl groups is 1. The van der Waals surface area contributed by atoms with Crippen LogP contribution < -0.4 is 14.2 Å². The molecule has 6 nitrogen and oxygen atoms in total. The molecule has 2 aromatic rings. The summed E-state index contributed by atoms with van der Waals surface area (Å²) in [4.78, 5) is 4.90. The molecule has 0 bridgehead atoms. The maximum absolute atomic E-state index is 9.59. The van der Waals surface area contributed by atoms with Gasteiger partial charge in [0.1, 0.15) is 5.75 Å². The first-order valence-electron chi connectivity index (χ1n) is 10.1.